The van der Waals surface area contributed by atoms with Crippen molar-refractivity contribution in [1.29, 1.82) is 0 Å². The van der Waals surface area contributed by atoms with E-state index in [4.69, 9.17) is 12.2 Å². The van der Waals surface area contributed by atoms with E-state index >= 15 is 0 Å². The number of piperidine rings is 1. The van der Waals surface area contributed by atoms with Gasteiger partial charge in [0.2, 0.25) is 0 Å². The first kappa shape index (κ1) is 17.2. The molecule has 22 heavy (non-hydrogen) atoms. The summed E-state index contributed by atoms with van der Waals surface area (Å²) in [7, 11) is 0. The van der Waals surface area contributed by atoms with Crippen LogP contribution in [0.4, 0.5) is 5.69 Å². The van der Waals surface area contributed by atoms with E-state index in [-0.39, 0.29) is 0 Å². The molecule has 4 heteroatoms. The Labute approximate surface area is 140 Å². The lowest BCUT2D eigenvalue weighted by molar-refractivity contribution is 0.182. The second-order valence-corrected chi connectivity index (χ2v) is 7.01. The van der Waals surface area contributed by atoms with Gasteiger partial charge in [-0.15, -0.1) is 0 Å². The molecule has 1 aromatic rings. The third-order valence-electron chi connectivity index (χ3n) is 4.32. The van der Waals surface area contributed by atoms with Gasteiger partial charge in [-0.25, -0.2) is 0 Å². The lowest BCUT2D eigenvalue weighted by Crippen LogP contribution is -2.37. The summed E-state index contributed by atoms with van der Waals surface area (Å²) in [5, 5.41) is 7.35. The van der Waals surface area contributed by atoms with Gasteiger partial charge >= 0.3 is 0 Å². The van der Waals surface area contributed by atoms with Gasteiger partial charge in [0.1, 0.15) is 0 Å². The number of thiocarbonyl (C=S) groups is 1. The zero-order valence-electron chi connectivity index (χ0n) is 14.1. The molecule has 1 heterocycles. The van der Waals surface area contributed by atoms with Gasteiger partial charge in [-0.3, -0.25) is 0 Å². The summed E-state index contributed by atoms with van der Waals surface area (Å²) in [6.07, 6.45) is 3.88. The van der Waals surface area contributed by atoms with Gasteiger partial charge in [0.15, 0.2) is 5.11 Å². The number of nitrogens with one attached hydrogen (secondary N) is 2. The summed E-state index contributed by atoms with van der Waals surface area (Å²) in [6, 6.07) is 6.38. The number of hydrogen-bond donors (Lipinski definition) is 2. The van der Waals surface area contributed by atoms with Crippen molar-refractivity contribution in [3.8, 4) is 0 Å². The van der Waals surface area contributed by atoms with E-state index < -0.39 is 0 Å². The van der Waals surface area contributed by atoms with Crippen LogP contribution >= 0.6 is 12.2 Å². The van der Waals surface area contributed by atoms with Crippen molar-refractivity contribution in [2.24, 2.45) is 5.92 Å². The average Bonchev–Trinajstić information content (AvgIpc) is 2.48. The van der Waals surface area contributed by atoms with Crippen LogP contribution in [0.15, 0.2) is 18.2 Å². The predicted octanol–water partition coefficient (Wildman–Crippen LogP) is 3.71. The fourth-order valence-corrected chi connectivity index (χ4v) is 3.24. The molecule has 1 fully saturated rings. The van der Waals surface area contributed by atoms with Gasteiger partial charge < -0.3 is 15.5 Å². The summed E-state index contributed by atoms with van der Waals surface area (Å²) in [5.41, 5.74) is 3.56. The standard InChI is InChI=1S/C18H29N3S/c1-14-7-8-16(3)17(12-14)20-18(22)19-9-5-11-21-10-4-6-15(2)13-21/h7-8,12,15H,4-6,9-11,13H2,1-3H3,(H2,19,20,22). The molecule has 0 amide bonds. The number of benzene rings is 1. The van der Waals surface area contributed by atoms with E-state index in [1.807, 2.05) is 0 Å². The highest BCUT2D eigenvalue weighted by Gasteiger charge is 2.15. The molecule has 1 aliphatic heterocycles. The van der Waals surface area contributed by atoms with Crippen LogP contribution in [0.25, 0.3) is 0 Å². The Balaban J connectivity index is 1.66. The lowest BCUT2D eigenvalue weighted by atomic mass is 10.0. The molecule has 2 N–H and O–H groups in total. The van der Waals surface area contributed by atoms with Gasteiger partial charge in [-0.05, 0) is 81.5 Å². The van der Waals surface area contributed by atoms with E-state index in [1.54, 1.807) is 0 Å². The summed E-state index contributed by atoms with van der Waals surface area (Å²) in [5.74, 6) is 0.855. The Morgan fingerprint density at radius 1 is 1.36 bits per heavy atom. The molecule has 1 unspecified atom stereocenters. The first-order valence-electron chi connectivity index (χ1n) is 8.39. The minimum atomic E-state index is 0.723. The first-order valence-corrected chi connectivity index (χ1v) is 8.80. The van der Waals surface area contributed by atoms with Crippen molar-refractivity contribution < 1.29 is 0 Å². The Hall–Kier alpha value is -1.13. The molecule has 0 spiro atoms. The van der Waals surface area contributed by atoms with Gasteiger partial charge in [-0.1, -0.05) is 19.1 Å². The number of rotatable bonds is 5. The molecule has 0 saturated carbocycles. The van der Waals surface area contributed by atoms with Crippen LogP contribution in [0, 0.1) is 19.8 Å². The third-order valence-corrected chi connectivity index (χ3v) is 4.57. The van der Waals surface area contributed by atoms with Gasteiger partial charge in [0.05, 0.1) is 0 Å². The van der Waals surface area contributed by atoms with Crippen LogP contribution in [-0.4, -0.2) is 36.2 Å². The monoisotopic (exact) mass is 319 g/mol. The number of anilines is 1. The number of nitrogens with zero attached hydrogens (tertiary/aromatic N) is 1. The van der Waals surface area contributed by atoms with Crippen molar-refractivity contribution in [1.82, 2.24) is 10.2 Å². The van der Waals surface area contributed by atoms with Crippen molar-refractivity contribution >= 4 is 23.0 Å². The van der Waals surface area contributed by atoms with E-state index in [2.05, 4.69) is 54.5 Å². The molecule has 1 saturated heterocycles. The fraction of sp³-hybridized carbons (Fsp3) is 0.611. The van der Waals surface area contributed by atoms with E-state index in [1.165, 1.54) is 43.6 Å². The Morgan fingerprint density at radius 3 is 2.95 bits per heavy atom. The maximum atomic E-state index is 5.39. The molecule has 3 nitrogen and oxygen atoms in total. The summed E-state index contributed by atoms with van der Waals surface area (Å²) >= 11 is 5.39. The smallest absolute Gasteiger partial charge is 0.170 e. The summed E-state index contributed by atoms with van der Waals surface area (Å²) in [4.78, 5) is 2.58. The third kappa shape index (κ3) is 5.58. The second-order valence-electron chi connectivity index (χ2n) is 6.60. The van der Waals surface area contributed by atoms with Crippen LogP contribution in [-0.2, 0) is 0 Å². The molecule has 0 radical (unpaired) electrons. The van der Waals surface area contributed by atoms with Crippen molar-refractivity contribution in [2.45, 2.75) is 40.0 Å². The SMILES string of the molecule is Cc1ccc(C)c(NC(=S)NCCCN2CCCC(C)C2)c1. The van der Waals surface area contributed by atoms with Crippen molar-refractivity contribution in [3.63, 3.8) is 0 Å². The molecular formula is C18H29N3S. The van der Waals surface area contributed by atoms with Gasteiger partial charge in [0.25, 0.3) is 0 Å². The Bertz CT molecular complexity index is 501. The number of aryl methyl sites for hydroxylation is 2. The molecule has 0 aliphatic carbocycles. The molecule has 0 aromatic heterocycles. The predicted molar refractivity (Wildman–Crippen MR) is 99.6 cm³/mol. The van der Waals surface area contributed by atoms with E-state index in [9.17, 15) is 0 Å². The average molecular weight is 320 g/mol. The quantitative estimate of drug-likeness (QED) is 0.639. The van der Waals surface area contributed by atoms with Crippen LogP contribution in [0.3, 0.4) is 0 Å². The molecule has 1 aromatic carbocycles. The molecule has 1 atom stereocenters. The Kier molecular flexibility index (Phi) is 6.65. The van der Waals surface area contributed by atoms with E-state index in [0.717, 1.165) is 29.7 Å². The highest BCUT2D eigenvalue weighted by molar-refractivity contribution is 7.80. The lowest BCUT2D eigenvalue weighted by Gasteiger charge is -2.30. The van der Waals surface area contributed by atoms with Crippen LogP contribution < -0.4 is 10.6 Å². The number of likely N-dealkylation sites (tertiary alicyclic amines) is 1. The maximum Gasteiger partial charge on any atom is 0.170 e. The Morgan fingerprint density at radius 2 is 2.18 bits per heavy atom. The first-order chi connectivity index (χ1) is 10.5. The van der Waals surface area contributed by atoms with Crippen molar-refractivity contribution in [2.75, 3.05) is 31.5 Å². The van der Waals surface area contributed by atoms with Crippen LogP contribution in [0.2, 0.25) is 0 Å². The largest absolute Gasteiger partial charge is 0.362 e. The molecule has 1 aliphatic rings. The molecule has 0 bridgehead atoms. The van der Waals surface area contributed by atoms with E-state index in [0.29, 0.717) is 0 Å². The minimum Gasteiger partial charge on any atom is -0.362 e. The fourth-order valence-electron chi connectivity index (χ4n) is 3.03. The highest BCUT2D eigenvalue weighted by Crippen LogP contribution is 2.16. The van der Waals surface area contributed by atoms with Gasteiger partial charge in [0, 0.05) is 18.8 Å². The van der Waals surface area contributed by atoms with Crippen LogP contribution in [0.1, 0.15) is 37.3 Å². The maximum absolute atomic E-state index is 5.39. The summed E-state index contributed by atoms with van der Waals surface area (Å²) < 4.78 is 0. The topological polar surface area (TPSA) is 27.3 Å². The highest BCUT2D eigenvalue weighted by atomic mass is 32.1. The minimum absolute atomic E-state index is 0.723. The normalized spacial score (nSPS) is 19.0. The zero-order chi connectivity index (χ0) is 15.9. The van der Waals surface area contributed by atoms with Crippen LogP contribution in [0.5, 0.6) is 0 Å². The van der Waals surface area contributed by atoms with Gasteiger partial charge in [-0.2, -0.15) is 0 Å². The molecule has 122 valence electrons. The zero-order valence-corrected chi connectivity index (χ0v) is 14.9. The molecule has 2 rings (SSSR count). The summed E-state index contributed by atoms with van der Waals surface area (Å²) in [6.45, 7) is 11.2. The second kappa shape index (κ2) is 8.49. The van der Waals surface area contributed by atoms with Crippen molar-refractivity contribution in [3.05, 3.63) is 29.3 Å². The number of hydrogen-bond acceptors (Lipinski definition) is 2. The molecular weight excluding hydrogens is 290 g/mol.